The number of β-amino-alcohol motifs (C(OH)–C–C–N with tert-alkyl or cyclic N) is 1. The Hall–Kier alpha value is -2.35. The van der Waals surface area contributed by atoms with Gasteiger partial charge in [-0.05, 0) is 49.3 Å². The third-order valence-electron chi connectivity index (χ3n) is 4.77. The molecule has 1 atom stereocenters. The molecule has 1 aliphatic heterocycles. The number of piperidine rings is 1. The zero-order chi connectivity index (χ0) is 18.8. The van der Waals surface area contributed by atoms with E-state index in [0.29, 0.717) is 23.8 Å². The highest BCUT2D eigenvalue weighted by Crippen LogP contribution is 2.23. The summed E-state index contributed by atoms with van der Waals surface area (Å²) in [6, 6.07) is 16.1. The minimum atomic E-state index is -0.305. The van der Waals surface area contributed by atoms with E-state index in [2.05, 4.69) is 4.90 Å². The van der Waals surface area contributed by atoms with Crippen LogP contribution in [0.3, 0.4) is 0 Å². The van der Waals surface area contributed by atoms with Crippen LogP contribution in [0, 0.1) is 10.6 Å². The van der Waals surface area contributed by atoms with Crippen molar-refractivity contribution in [2.24, 2.45) is 0 Å². The normalized spacial score (nSPS) is 17.9. The molecule has 2 aromatic carbocycles. The molecule has 7 heteroatoms. The molecule has 1 N–H and O–H groups in total. The summed E-state index contributed by atoms with van der Waals surface area (Å²) in [5.74, 6) is 0.422. The third kappa shape index (κ3) is 3.85. The average molecular weight is 384 g/mol. The highest BCUT2D eigenvalue weighted by atomic mass is 32.1. The van der Waals surface area contributed by atoms with Gasteiger partial charge in [0.25, 0.3) is 0 Å². The fourth-order valence-electron chi connectivity index (χ4n) is 3.45. The summed E-state index contributed by atoms with van der Waals surface area (Å²) in [4.78, 5) is 2.15. The van der Waals surface area contributed by atoms with Gasteiger partial charge in [0.15, 0.2) is 5.82 Å². The Balaban J connectivity index is 1.77. The van der Waals surface area contributed by atoms with E-state index in [-0.39, 0.29) is 11.9 Å². The van der Waals surface area contributed by atoms with Crippen LogP contribution < -0.4 is 0 Å². The number of aromatic nitrogens is 3. The van der Waals surface area contributed by atoms with Crippen molar-refractivity contribution >= 4 is 12.2 Å². The molecule has 0 spiro atoms. The van der Waals surface area contributed by atoms with Crippen LogP contribution in [0.1, 0.15) is 12.8 Å². The van der Waals surface area contributed by atoms with E-state index in [9.17, 15) is 9.50 Å². The van der Waals surface area contributed by atoms with Gasteiger partial charge in [-0.2, -0.15) is 0 Å². The average Bonchev–Trinajstić information content (AvgIpc) is 3.00. The molecule has 2 heterocycles. The SMILES string of the molecule is O[C@@H]1CCCN(Cn2nc(-c3ccccc3)n(-c3ccc(F)cc3)c2=S)C1. The molecule has 3 aromatic rings. The molecule has 1 fully saturated rings. The molecule has 0 aliphatic carbocycles. The molecule has 0 saturated carbocycles. The number of aliphatic hydroxyl groups is 1. The Bertz CT molecular complexity index is 968. The van der Waals surface area contributed by atoms with Crippen molar-refractivity contribution in [3.05, 3.63) is 65.2 Å². The van der Waals surface area contributed by atoms with Crippen molar-refractivity contribution in [3.8, 4) is 17.1 Å². The lowest BCUT2D eigenvalue weighted by molar-refractivity contribution is 0.0513. The number of hydrogen-bond acceptors (Lipinski definition) is 4. The number of likely N-dealkylation sites (tertiary alicyclic amines) is 1. The second-order valence-corrected chi connectivity index (χ2v) is 7.16. The number of rotatable bonds is 4. The van der Waals surface area contributed by atoms with Crippen LogP contribution >= 0.6 is 12.2 Å². The lowest BCUT2D eigenvalue weighted by atomic mass is 10.1. The Morgan fingerprint density at radius 3 is 2.56 bits per heavy atom. The summed E-state index contributed by atoms with van der Waals surface area (Å²) in [5, 5.41) is 14.7. The molecular weight excluding hydrogens is 363 g/mol. The molecule has 0 radical (unpaired) electrons. The third-order valence-corrected chi connectivity index (χ3v) is 5.16. The van der Waals surface area contributed by atoms with Crippen LogP contribution in [-0.4, -0.2) is 43.5 Å². The Labute approximate surface area is 162 Å². The highest BCUT2D eigenvalue weighted by molar-refractivity contribution is 7.71. The van der Waals surface area contributed by atoms with Crippen molar-refractivity contribution in [3.63, 3.8) is 0 Å². The molecule has 1 aliphatic rings. The maximum absolute atomic E-state index is 13.4. The fourth-order valence-corrected chi connectivity index (χ4v) is 3.74. The monoisotopic (exact) mass is 384 g/mol. The molecule has 0 bridgehead atoms. The highest BCUT2D eigenvalue weighted by Gasteiger charge is 2.20. The van der Waals surface area contributed by atoms with Crippen molar-refractivity contribution in [1.82, 2.24) is 19.2 Å². The van der Waals surface area contributed by atoms with Crippen LogP contribution in [0.4, 0.5) is 4.39 Å². The summed E-state index contributed by atoms with van der Waals surface area (Å²) >= 11 is 5.71. The molecule has 5 nitrogen and oxygen atoms in total. The van der Waals surface area contributed by atoms with Gasteiger partial charge in [0.05, 0.1) is 18.5 Å². The minimum Gasteiger partial charge on any atom is -0.392 e. The standard InChI is InChI=1S/C20H21FN4OS/c21-16-8-10-17(11-9-16)25-19(15-5-2-1-3-6-15)22-24(20(25)27)14-23-12-4-7-18(26)13-23/h1-3,5-6,8-11,18,26H,4,7,12-14H2/t18-/m1/s1. The van der Waals surface area contributed by atoms with Gasteiger partial charge in [0, 0.05) is 18.7 Å². The summed E-state index contributed by atoms with van der Waals surface area (Å²) < 4.78 is 17.6. The van der Waals surface area contributed by atoms with E-state index < -0.39 is 0 Å². The van der Waals surface area contributed by atoms with Crippen LogP contribution in [0.5, 0.6) is 0 Å². The van der Waals surface area contributed by atoms with Gasteiger partial charge >= 0.3 is 0 Å². The fraction of sp³-hybridized carbons (Fsp3) is 0.300. The molecule has 27 heavy (non-hydrogen) atoms. The van der Waals surface area contributed by atoms with Crippen molar-refractivity contribution in [2.75, 3.05) is 13.1 Å². The summed E-state index contributed by atoms with van der Waals surface area (Å²) in [6.45, 7) is 2.04. The molecule has 140 valence electrons. The lowest BCUT2D eigenvalue weighted by Gasteiger charge is -2.29. The Morgan fingerprint density at radius 1 is 1.11 bits per heavy atom. The van der Waals surface area contributed by atoms with Gasteiger partial charge in [-0.15, -0.1) is 5.10 Å². The lowest BCUT2D eigenvalue weighted by Crippen LogP contribution is -2.39. The van der Waals surface area contributed by atoms with Gasteiger partial charge in [-0.1, -0.05) is 30.3 Å². The number of nitrogens with zero attached hydrogens (tertiary/aromatic N) is 4. The quantitative estimate of drug-likeness (QED) is 0.698. The summed E-state index contributed by atoms with van der Waals surface area (Å²) in [5.41, 5.74) is 1.70. The number of halogens is 1. The molecule has 0 unspecified atom stereocenters. The van der Waals surface area contributed by atoms with Crippen molar-refractivity contribution < 1.29 is 9.50 Å². The first-order chi connectivity index (χ1) is 13.1. The predicted molar refractivity (Wildman–Crippen MR) is 105 cm³/mol. The van der Waals surface area contributed by atoms with E-state index in [4.69, 9.17) is 17.3 Å². The summed E-state index contributed by atoms with van der Waals surface area (Å²) in [7, 11) is 0. The van der Waals surface area contributed by atoms with E-state index in [0.717, 1.165) is 30.6 Å². The molecular formula is C20H21FN4OS. The zero-order valence-corrected chi connectivity index (χ0v) is 15.6. The first-order valence-electron chi connectivity index (χ1n) is 9.03. The number of benzene rings is 2. The maximum atomic E-state index is 13.4. The van der Waals surface area contributed by atoms with Gasteiger partial charge < -0.3 is 5.11 Å². The number of aliphatic hydroxyl groups excluding tert-OH is 1. The van der Waals surface area contributed by atoms with Crippen LogP contribution in [-0.2, 0) is 6.67 Å². The van der Waals surface area contributed by atoms with Gasteiger partial charge in [0.2, 0.25) is 4.77 Å². The van der Waals surface area contributed by atoms with E-state index in [1.165, 1.54) is 12.1 Å². The van der Waals surface area contributed by atoms with Crippen LogP contribution in [0.2, 0.25) is 0 Å². The van der Waals surface area contributed by atoms with Crippen molar-refractivity contribution in [2.45, 2.75) is 25.6 Å². The molecule has 0 amide bonds. The first-order valence-corrected chi connectivity index (χ1v) is 9.44. The Kier molecular flexibility index (Phi) is 5.15. The first kappa shape index (κ1) is 18.0. The minimum absolute atomic E-state index is 0.291. The topological polar surface area (TPSA) is 46.2 Å². The second kappa shape index (κ2) is 7.72. The van der Waals surface area contributed by atoms with Crippen molar-refractivity contribution in [1.29, 1.82) is 0 Å². The van der Waals surface area contributed by atoms with Gasteiger partial charge in [-0.3, -0.25) is 9.47 Å². The number of hydrogen-bond donors (Lipinski definition) is 1. The predicted octanol–water partition coefficient (Wildman–Crippen LogP) is 3.62. The molecule has 1 saturated heterocycles. The second-order valence-electron chi connectivity index (χ2n) is 6.80. The van der Waals surface area contributed by atoms with Crippen LogP contribution in [0.25, 0.3) is 17.1 Å². The largest absolute Gasteiger partial charge is 0.392 e. The van der Waals surface area contributed by atoms with Gasteiger partial charge in [0.1, 0.15) is 5.82 Å². The van der Waals surface area contributed by atoms with E-state index in [1.54, 1.807) is 16.8 Å². The molecule has 4 rings (SSSR count). The van der Waals surface area contributed by atoms with Gasteiger partial charge in [-0.25, -0.2) is 9.07 Å². The van der Waals surface area contributed by atoms with Crippen LogP contribution in [0.15, 0.2) is 54.6 Å². The maximum Gasteiger partial charge on any atom is 0.204 e. The van der Waals surface area contributed by atoms with E-state index in [1.807, 2.05) is 34.9 Å². The summed E-state index contributed by atoms with van der Waals surface area (Å²) in [6.07, 6.45) is 1.49. The Morgan fingerprint density at radius 2 is 1.85 bits per heavy atom. The smallest absolute Gasteiger partial charge is 0.204 e. The van der Waals surface area contributed by atoms with E-state index >= 15 is 0 Å². The zero-order valence-electron chi connectivity index (χ0n) is 14.8. The molecule has 1 aromatic heterocycles.